The van der Waals surface area contributed by atoms with Crippen molar-refractivity contribution in [2.45, 2.75) is 31.6 Å². The van der Waals surface area contributed by atoms with Gasteiger partial charge in [-0.2, -0.15) is 4.31 Å². The number of carbonyl (C=O) groups is 1. The highest BCUT2D eigenvalue weighted by Crippen LogP contribution is 2.29. The van der Waals surface area contributed by atoms with Crippen LogP contribution < -0.4 is 10.2 Å². The minimum Gasteiger partial charge on any atom is -0.379 e. The maximum atomic E-state index is 13.3. The number of morpholine rings is 1. The highest BCUT2D eigenvalue weighted by Gasteiger charge is 2.29. The van der Waals surface area contributed by atoms with Gasteiger partial charge in [-0.25, -0.2) is 8.42 Å². The number of aryl methyl sites for hydroxylation is 2. The minimum atomic E-state index is -3.69. The summed E-state index contributed by atoms with van der Waals surface area (Å²) < 4.78 is 33.0. The van der Waals surface area contributed by atoms with Crippen LogP contribution in [0.2, 0.25) is 0 Å². The highest BCUT2D eigenvalue weighted by atomic mass is 32.2. The van der Waals surface area contributed by atoms with Crippen molar-refractivity contribution >= 4 is 27.3 Å². The Labute approximate surface area is 184 Å². The summed E-state index contributed by atoms with van der Waals surface area (Å²) in [5.41, 5.74) is 3.98. The summed E-state index contributed by atoms with van der Waals surface area (Å²) in [6.07, 6.45) is 2.12. The molecule has 2 aliphatic heterocycles. The van der Waals surface area contributed by atoms with Gasteiger partial charge in [-0.3, -0.25) is 4.79 Å². The van der Waals surface area contributed by atoms with Crippen LogP contribution in [0.4, 0.5) is 11.4 Å². The maximum absolute atomic E-state index is 13.3. The number of sulfonamides is 1. The van der Waals surface area contributed by atoms with Crippen LogP contribution in [0.15, 0.2) is 41.3 Å². The van der Waals surface area contributed by atoms with Crippen LogP contribution in [-0.4, -0.2) is 58.0 Å². The van der Waals surface area contributed by atoms with Crippen LogP contribution in [0.25, 0.3) is 0 Å². The molecule has 0 radical (unpaired) electrons. The molecule has 2 saturated heterocycles. The molecule has 2 aliphatic rings. The van der Waals surface area contributed by atoms with E-state index in [0.29, 0.717) is 37.6 Å². The Morgan fingerprint density at radius 1 is 0.935 bits per heavy atom. The summed E-state index contributed by atoms with van der Waals surface area (Å²) in [7, 11) is -3.69. The number of amides is 1. The molecule has 7 nitrogen and oxygen atoms in total. The molecule has 31 heavy (non-hydrogen) atoms. The minimum absolute atomic E-state index is 0.142. The Bertz CT molecular complexity index is 1050. The van der Waals surface area contributed by atoms with Gasteiger partial charge in [-0.05, 0) is 68.1 Å². The van der Waals surface area contributed by atoms with Crippen molar-refractivity contribution in [3.05, 3.63) is 53.1 Å². The number of rotatable bonds is 5. The van der Waals surface area contributed by atoms with Gasteiger partial charge < -0.3 is 15.0 Å². The highest BCUT2D eigenvalue weighted by molar-refractivity contribution is 7.89. The van der Waals surface area contributed by atoms with Gasteiger partial charge in [0, 0.05) is 37.6 Å². The lowest BCUT2D eigenvalue weighted by molar-refractivity contribution is 0.0730. The van der Waals surface area contributed by atoms with Crippen LogP contribution in [-0.2, 0) is 14.8 Å². The van der Waals surface area contributed by atoms with Crippen molar-refractivity contribution in [2.24, 2.45) is 0 Å². The fraction of sp³-hybridized carbons (Fsp3) is 0.435. The predicted molar refractivity (Wildman–Crippen MR) is 121 cm³/mol. The Balaban J connectivity index is 1.70. The summed E-state index contributed by atoms with van der Waals surface area (Å²) in [6, 6.07) is 10.8. The second kappa shape index (κ2) is 8.98. The molecule has 0 aliphatic carbocycles. The smallest absolute Gasteiger partial charge is 0.257 e. The zero-order chi connectivity index (χ0) is 22.0. The van der Waals surface area contributed by atoms with Gasteiger partial charge in [-0.15, -0.1) is 0 Å². The molecule has 0 aromatic heterocycles. The first kappa shape index (κ1) is 21.8. The summed E-state index contributed by atoms with van der Waals surface area (Å²) in [4.78, 5) is 15.6. The molecule has 1 N–H and O–H groups in total. The Morgan fingerprint density at radius 2 is 1.58 bits per heavy atom. The molecule has 8 heteroatoms. The van der Waals surface area contributed by atoms with Crippen molar-refractivity contribution in [3.8, 4) is 0 Å². The molecule has 4 rings (SSSR count). The summed E-state index contributed by atoms with van der Waals surface area (Å²) in [6.45, 7) is 7.08. The van der Waals surface area contributed by atoms with E-state index >= 15 is 0 Å². The molecular formula is C23H29N3O4S. The van der Waals surface area contributed by atoms with Gasteiger partial charge in [0.25, 0.3) is 5.91 Å². The monoisotopic (exact) mass is 443 g/mol. The maximum Gasteiger partial charge on any atom is 0.257 e. The van der Waals surface area contributed by atoms with Gasteiger partial charge >= 0.3 is 0 Å². The lowest BCUT2D eigenvalue weighted by Crippen LogP contribution is -2.40. The number of ether oxygens (including phenoxy) is 1. The molecule has 2 fully saturated rings. The van der Waals surface area contributed by atoms with E-state index in [1.807, 2.05) is 32.0 Å². The molecule has 166 valence electrons. The molecular weight excluding hydrogens is 414 g/mol. The van der Waals surface area contributed by atoms with Gasteiger partial charge in [0.05, 0.1) is 23.7 Å². The van der Waals surface area contributed by atoms with Crippen LogP contribution in [0.5, 0.6) is 0 Å². The Hall–Kier alpha value is -2.42. The van der Waals surface area contributed by atoms with Crippen LogP contribution >= 0.6 is 0 Å². The number of nitrogens with zero attached hydrogens (tertiary/aromatic N) is 2. The Morgan fingerprint density at radius 3 is 2.23 bits per heavy atom. The topological polar surface area (TPSA) is 79.0 Å². The first-order valence-corrected chi connectivity index (χ1v) is 12.2. The third-order valence-corrected chi connectivity index (χ3v) is 7.64. The molecule has 0 saturated carbocycles. The molecule has 2 heterocycles. The van der Waals surface area contributed by atoms with E-state index in [0.717, 1.165) is 42.7 Å². The van der Waals surface area contributed by atoms with Crippen LogP contribution in [0.3, 0.4) is 0 Å². The quantitative estimate of drug-likeness (QED) is 0.768. The van der Waals surface area contributed by atoms with E-state index in [9.17, 15) is 13.2 Å². The van der Waals surface area contributed by atoms with Crippen molar-refractivity contribution < 1.29 is 17.9 Å². The molecule has 2 aromatic carbocycles. The molecule has 0 unspecified atom stereocenters. The first-order valence-electron chi connectivity index (χ1n) is 10.7. The van der Waals surface area contributed by atoms with E-state index in [2.05, 4.69) is 10.2 Å². The largest absolute Gasteiger partial charge is 0.379 e. The fourth-order valence-corrected chi connectivity index (χ4v) is 5.71. The number of hydrogen-bond acceptors (Lipinski definition) is 5. The standard InChI is InChI=1S/C23H29N3O4S/c1-17-13-18(2)15-19(14-17)24-23(27)21-16-20(5-6-22(21)25-7-3-4-8-25)31(28,29)26-9-11-30-12-10-26/h5-6,13-16H,3-4,7-12H2,1-2H3,(H,24,27). The van der Waals surface area contributed by atoms with Crippen LogP contribution in [0, 0.1) is 13.8 Å². The Kier molecular flexibility index (Phi) is 6.31. The SMILES string of the molecule is Cc1cc(C)cc(NC(=O)c2cc(S(=O)(=O)N3CCOCC3)ccc2N2CCCC2)c1. The van der Waals surface area contributed by atoms with E-state index in [1.54, 1.807) is 12.1 Å². The predicted octanol–water partition coefficient (Wildman–Crippen LogP) is 3.18. The normalized spacial score (nSPS) is 17.7. The molecule has 0 bridgehead atoms. The molecule has 0 spiro atoms. The zero-order valence-corrected chi connectivity index (χ0v) is 18.9. The van der Waals surface area contributed by atoms with E-state index < -0.39 is 10.0 Å². The summed E-state index contributed by atoms with van der Waals surface area (Å²) in [5, 5.41) is 2.97. The average Bonchev–Trinajstić information content (AvgIpc) is 3.28. The molecule has 1 amide bonds. The molecule has 0 atom stereocenters. The lowest BCUT2D eigenvalue weighted by Gasteiger charge is -2.27. The second-order valence-electron chi connectivity index (χ2n) is 8.22. The van der Waals surface area contributed by atoms with Crippen LogP contribution in [0.1, 0.15) is 34.3 Å². The van der Waals surface area contributed by atoms with E-state index in [1.165, 1.54) is 10.4 Å². The fourth-order valence-electron chi connectivity index (χ4n) is 4.27. The number of hydrogen-bond donors (Lipinski definition) is 1. The van der Waals surface area contributed by atoms with E-state index in [4.69, 9.17) is 4.74 Å². The lowest BCUT2D eigenvalue weighted by atomic mass is 10.1. The van der Waals surface area contributed by atoms with Gasteiger partial charge in [0.1, 0.15) is 0 Å². The van der Waals surface area contributed by atoms with Crippen molar-refractivity contribution in [3.63, 3.8) is 0 Å². The third kappa shape index (κ3) is 4.76. The number of nitrogens with one attached hydrogen (secondary N) is 1. The number of anilines is 2. The van der Waals surface area contributed by atoms with Crippen molar-refractivity contribution in [1.82, 2.24) is 4.31 Å². The van der Waals surface area contributed by atoms with Crippen molar-refractivity contribution in [2.75, 3.05) is 49.6 Å². The summed E-state index contributed by atoms with van der Waals surface area (Å²) >= 11 is 0. The molecule has 2 aromatic rings. The van der Waals surface area contributed by atoms with Gasteiger partial charge in [-0.1, -0.05) is 6.07 Å². The van der Waals surface area contributed by atoms with Gasteiger partial charge in [0.2, 0.25) is 10.0 Å². The van der Waals surface area contributed by atoms with Crippen molar-refractivity contribution in [1.29, 1.82) is 0 Å². The zero-order valence-electron chi connectivity index (χ0n) is 18.1. The average molecular weight is 444 g/mol. The number of carbonyl (C=O) groups excluding carboxylic acids is 1. The third-order valence-electron chi connectivity index (χ3n) is 5.75. The van der Waals surface area contributed by atoms with E-state index in [-0.39, 0.29) is 10.8 Å². The first-order chi connectivity index (χ1) is 14.8. The number of benzene rings is 2. The van der Waals surface area contributed by atoms with Gasteiger partial charge in [0.15, 0.2) is 0 Å². The summed E-state index contributed by atoms with van der Waals surface area (Å²) in [5.74, 6) is -0.300. The second-order valence-corrected chi connectivity index (χ2v) is 10.2.